The van der Waals surface area contributed by atoms with Crippen molar-refractivity contribution in [2.75, 3.05) is 10.6 Å². The molecular weight excluding hydrogens is 378 g/mol. The Balaban J connectivity index is 1.87. The van der Waals surface area contributed by atoms with Crippen molar-refractivity contribution in [3.8, 4) is 0 Å². The van der Waals surface area contributed by atoms with E-state index in [0.29, 0.717) is 5.69 Å². The highest BCUT2D eigenvalue weighted by molar-refractivity contribution is 7.79. The number of hydrogen-bond donors (Lipinski definition) is 3. The summed E-state index contributed by atoms with van der Waals surface area (Å²) in [4.78, 5) is 12.0. The fourth-order valence-corrected chi connectivity index (χ4v) is 3.10. The van der Waals surface area contributed by atoms with E-state index in [4.69, 9.17) is 12.2 Å². The lowest BCUT2D eigenvalue weighted by Crippen LogP contribution is -2.23. The molecule has 0 unspecified atom stereocenters. The number of carbonyl (C=O) groups is 1. The van der Waals surface area contributed by atoms with E-state index in [9.17, 15) is 4.79 Å². The van der Waals surface area contributed by atoms with Crippen molar-refractivity contribution in [1.29, 1.82) is 0 Å². The molecule has 0 spiro atoms. The lowest BCUT2D eigenvalue weighted by Gasteiger charge is -2.09. The minimum absolute atomic E-state index is 0.286. The molecule has 1 aliphatic rings. The topological polar surface area (TPSA) is 53.2 Å². The zero-order valence-electron chi connectivity index (χ0n) is 16.9. The highest BCUT2D eigenvalue weighted by Crippen LogP contribution is 2.21. The van der Waals surface area contributed by atoms with Crippen molar-refractivity contribution in [3.63, 3.8) is 0 Å². The molecule has 4 nitrogen and oxygen atoms in total. The van der Waals surface area contributed by atoms with Gasteiger partial charge >= 0.3 is 6.03 Å². The molecule has 0 saturated carbocycles. The molecule has 0 fully saturated rings. The molecule has 152 valence electrons. The van der Waals surface area contributed by atoms with Gasteiger partial charge in [0.2, 0.25) is 0 Å². The molecule has 0 radical (unpaired) electrons. The molecule has 1 aromatic carbocycles. The van der Waals surface area contributed by atoms with E-state index in [-0.39, 0.29) is 6.03 Å². The lowest BCUT2D eigenvalue weighted by molar-refractivity contribution is 0.255. The van der Waals surface area contributed by atoms with Gasteiger partial charge < -0.3 is 16.0 Å². The standard InChI is InChI=1S/C24H29N3OS/c1-2-11-20(21-12-6-4-3-5-7-13-21)14-8-9-17-25-24(28)27-23-16-10-15-22(18-23)26-19-29/h2,4,6,9-11,13-19H,3,5,7-8,12H2,1H3,(H,26,29)(H2,25,27,28)/b6-4-,11-2-,17-9+,20-14?,21-13+. The Morgan fingerprint density at radius 3 is 2.90 bits per heavy atom. The van der Waals surface area contributed by atoms with Gasteiger partial charge in [-0.1, -0.05) is 60.8 Å². The number of rotatable bonds is 8. The van der Waals surface area contributed by atoms with E-state index in [1.54, 1.807) is 6.20 Å². The highest BCUT2D eigenvalue weighted by atomic mass is 32.1. The summed E-state index contributed by atoms with van der Waals surface area (Å²) in [5, 5.41) is 8.45. The summed E-state index contributed by atoms with van der Waals surface area (Å²) in [6.07, 6.45) is 22.1. The number of benzene rings is 1. The molecule has 0 atom stereocenters. The van der Waals surface area contributed by atoms with E-state index >= 15 is 0 Å². The Labute approximate surface area is 179 Å². The second-order valence-corrected chi connectivity index (χ2v) is 6.81. The monoisotopic (exact) mass is 407 g/mol. The fraction of sp³-hybridized carbons (Fsp3) is 0.250. The van der Waals surface area contributed by atoms with Crippen molar-refractivity contribution in [3.05, 3.63) is 84.1 Å². The highest BCUT2D eigenvalue weighted by Gasteiger charge is 2.02. The van der Waals surface area contributed by atoms with E-state index in [1.807, 2.05) is 37.3 Å². The zero-order valence-corrected chi connectivity index (χ0v) is 17.7. The predicted octanol–water partition coefficient (Wildman–Crippen LogP) is 6.64. The number of amides is 2. The van der Waals surface area contributed by atoms with Gasteiger partial charge in [-0.25, -0.2) is 4.79 Å². The van der Waals surface area contributed by atoms with Crippen LogP contribution in [0.5, 0.6) is 0 Å². The van der Waals surface area contributed by atoms with Crippen molar-refractivity contribution in [1.82, 2.24) is 5.32 Å². The second-order valence-electron chi connectivity index (χ2n) is 6.57. The van der Waals surface area contributed by atoms with Gasteiger partial charge in [-0.15, -0.1) is 0 Å². The summed E-state index contributed by atoms with van der Waals surface area (Å²) in [5.41, 5.74) is 5.56. The molecule has 0 heterocycles. The maximum absolute atomic E-state index is 12.0. The smallest absolute Gasteiger partial charge is 0.323 e. The predicted molar refractivity (Wildman–Crippen MR) is 128 cm³/mol. The van der Waals surface area contributed by atoms with Crippen LogP contribution in [0.1, 0.15) is 39.0 Å². The molecule has 2 rings (SSSR count). The Morgan fingerprint density at radius 1 is 1.21 bits per heavy atom. The Kier molecular flexibility index (Phi) is 10.3. The van der Waals surface area contributed by atoms with Crippen LogP contribution in [0.15, 0.2) is 84.1 Å². The van der Waals surface area contributed by atoms with E-state index in [1.165, 1.54) is 23.1 Å². The van der Waals surface area contributed by atoms with Crippen molar-refractivity contribution >= 4 is 35.1 Å². The van der Waals surface area contributed by atoms with E-state index < -0.39 is 0 Å². The quantitative estimate of drug-likeness (QED) is 0.257. The average Bonchev–Trinajstić information content (AvgIpc) is 2.67. The zero-order chi connectivity index (χ0) is 20.7. The van der Waals surface area contributed by atoms with Crippen LogP contribution in [-0.2, 0) is 0 Å². The Morgan fingerprint density at radius 2 is 2.07 bits per heavy atom. The van der Waals surface area contributed by atoms with Crippen molar-refractivity contribution < 1.29 is 4.79 Å². The summed E-state index contributed by atoms with van der Waals surface area (Å²) in [7, 11) is 0. The molecule has 29 heavy (non-hydrogen) atoms. The first-order valence-electron chi connectivity index (χ1n) is 9.93. The van der Waals surface area contributed by atoms with Crippen molar-refractivity contribution in [2.45, 2.75) is 39.0 Å². The number of carbonyl (C=O) groups excluding carboxylic acids is 1. The molecule has 1 aliphatic carbocycles. The van der Waals surface area contributed by atoms with Gasteiger partial charge in [0.05, 0.1) is 5.49 Å². The molecular formula is C24H29N3OS. The van der Waals surface area contributed by atoms with Gasteiger partial charge in [0.15, 0.2) is 0 Å². The molecule has 0 saturated heterocycles. The Hall–Kier alpha value is -2.92. The second kappa shape index (κ2) is 13.3. The van der Waals surface area contributed by atoms with Gasteiger partial charge in [-0.05, 0) is 68.4 Å². The molecule has 1 aromatic rings. The first-order valence-corrected chi connectivity index (χ1v) is 10.4. The molecule has 0 bridgehead atoms. The molecule has 3 N–H and O–H groups in total. The summed E-state index contributed by atoms with van der Waals surface area (Å²) in [6, 6.07) is 7.07. The minimum atomic E-state index is -0.286. The van der Waals surface area contributed by atoms with E-state index in [0.717, 1.165) is 31.4 Å². The summed E-state index contributed by atoms with van der Waals surface area (Å²) in [6.45, 7) is 2.03. The van der Waals surface area contributed by atoms with Gasteiger partial charge in [-0.3, -0.25) is 0 Å². The normalized spacial score (nSPS) is 17.8. The third kappa shape index (κ3) is 8.75. The minimum Gasteiger partial charge on any atom is -0.353 e. The summed E-state index contributed by atoms with van der Waals surface area (Å²) >= 11 is 4.78. The van der Waals surface area contributed by atoms with Crippen LogP contribution in [0.3, 0.4) is 0 Å². The number of urea groups is 1. The third-order valence-corrected chi connectivity index (χ3v) is 4.46. The lowest BCUT2D eigenvalue weighted by atomic mass is 9.97. The largest absolute Gasteiger partial charge is 0.353 e. The summed E-state index contributed by atoms with van der Waals surface area (Å²) < 4.78 is 0. The molecule has 2 amide bonds. The van der Waals surface area contributed by atoms with Crippen LogP contribution in [0, 0.1) is 0 Å². The maximum Gasteiger partial charge on any atom is 0.323 e. The molecule has 0 aliphatic heterocycles. The average molecular weight is 408 g/mol. The van der Waals surface area contributed by atoms with Crippen LogP contribution in [-0.4, -0.2) is 11.5 Å². The number of anilines is 2. The van der Waals surface area contributed by atoms with Crippen LogP contribution in [0.4, 0.5) is 16.2 Å². The van der Waals surface area contributed by atoms with Crippen LogP contribution >= 0.6 is 12.2 Å². The van der Waals surface area contributed by atoms with Crippen LogP contribution in [0.2, 0.25) is 0 Å². The van der Waals surface area contributed by atoms with Gasteiger partial charge in [0.1, 0.15) is 0 Å². The number of hydrogen-bond acceptors (Lipinski definition) is 2. The maximum atomic E-state index is 12.0. The van der Waals surface area contributed by atoms with Gasteiger partial charge in [0, 0.05) is 17.6 Å². The van der Waals surface area contributed by atoms with Gasteiger partial charge in [-0.2, -0.15) is 0 Å². The fourth-order valence-electron chi connectivity index (χ4n) is 2.96. The SMILES string of the molecule is C/C=C\C(=CC/C=C/NC(=O)Nc1cccc(NC=S)c1)/C1=C/CCC/C=C\C1. The van der Waals surface area contributed by atoms with Gasteiger partial charge in [0.25, 0.3) is 0 Å². The first-order chi connectivity index (χ1) is 14.2. The van der Waals surface area contributed by atoms with Crippen molar-refractivity contribution in [2.24, 2.45) is 0 Å². The molecule has 5 heteroatoms. The molecule has 0 aromatic heterocycles. The third-order valence-electron chi connectivity index (χ3n) is 4.34. The number of thiocarbonyl (C=S) groups is 1. The van der Waals surface area contributed by atoms with Crippen LogP contribution in [0.25, 0.3) is 0 Å². The summed E-state index contributed by atoms with van der Waals surface area (Å²) in [5.74, 6) is 0. The van der Waals surface area contributed by atoms with Crippen LogP contribution < -0.4 is 16.0 Å². The number of allylic oxidation sites excluding steroid dienone is 9. The number of nitrogens with one attached hydrogen (secondary N) is 3. The Bertz CT molecular complexity index is 834. The van der Waals surface area contributed by atoms with E-state index in [2.05, 4.69) is 52.4 Å². The first kappa shape index (κ1) is 22.4.